The molecule has 0 saturated carbocycles. The second-order valence-corrected chi connectivity index (χ2v) is 4.25. The third kappa shape index (κ3) is 1.99. The van der Waals surface area contributed by atoms with E-state index in [1.54, 1.807) is 0 Å². The lowest BCUT2D eigenvalue weighted by Crippen LogP contribution is -2.06. The molecule has 3 heteroatoms. The van der Waals surface area contributed by atoms with Gasteiger partial charge in [-0.3, -0.25) is 0 Å². The van der Waals surface area contributed by atoms with Crippen LogP contribution < -0.4 is 5.73 Å². The smallest absolute Gasteiger partial charge is 0.123 e. The van der Waals surface area contributed by atoms with Crippen molar-refractivity contribution in [2.45, 2.75) is 26.8 Å². The molecule has 1 unspecified atom stereocenters. The van der Waals surface area contributed by atoms with E-state index in [0.717, 1.165) is 22.8 Å². The lowest BCUT2D eigenvalue weighted by atomic mass is 10.1. The first-order valence-corrected chi connectivity index (χ1v) is 5.47. The van der Waals surface area contributed by atoms with Gasteiger partial charge < -0.3 is 10.7 Å². The Labute approximate surface area is 95.7 Å². The number of aryl methyl sites for hydroxylation is 2. The Balaban J connectivity index is 2.44. The molecule has 0 saturated heterocycles. The SMILES string of the molecule is Cc1ccc(-c2nc(C(C)N)[nH]c2C)cc1. The van der Waals surface area contributed by atoms with Gasteiger partial charge in [0, 0.05) is 11.3 Å². The maximum Gasteiger partial charge on any atom is 0.123 e. The number of hydrogen-bond acceptors (Lipinski definition) is 2. The summed E-state index contributed by atoms with van der Waals surface area (Å²) in [5.41, 5.74) is 10.2. The Bertz CT molecular complexity index is 480. The molecule has 1 aromatic carbocycles. The number of nitrogens with one attached hydrogen (secondary N) is 1. The van der Waals surface area contributed by atoms with Crippen molar-refractivity contribution in [2.75, 3.05) is 0 Å². The maximum atomic E-state index is 5.80. The van der Waals surface area contributed by atoms with Gasteiger partial charge in [-0.2, -0.15) is 0 Å². The van der Waals surface area contributed by atoms with Crippen molar-refractivity contribution in [3.8, 4) is 11.3 Å². The van der Waals surface area contributed by atoms with Crippen LogP contribution in [0.3, 0.4) is 0 Å². The van der Waals surface area contributed by atoms with Crippen LogP contribution in [0.4, 0.5) is 0 Å². The zero-order valence-electron chi connectivity index (χ0n) is 9.91. The van der Waals surface area contributed by atoms with E-state index >= 15 is 0 Å². The van der Waals surface area contributed by atoms with Crippen molar-refractivity contribution in [1.82, 2.24) is 9.97 Å². The molecule has 84 valence electrons. The minimum absolute atomic E-state index is 0.0575. The molecule has 1 atom stereocenters. The molecule has 2 aromatic rings. The number of rotatable bonds is 2. The lowest BCUT2D eigenvalue weighted by molar-refractivity contribution is 0.754. The van der Waals surface area contributed by atoms with Crippen molar-refractivity contribution in [1.29, 1.82) is 0 Å². The molecule has 0 radical (unpaired) electrons. The van der Waals surface area contributed by atoms with Crippen LogP contribution in [0.15, 0.2) is 24.3 Å². The fraction of sp³-hybridized carbons (Fsp3) is 0.308. The number of nitrogens with zero attached hydrogens (tertiary/aromatic N) is 1. The molecule has 0 fully saturated rings. The molecule has 0 spiro atoms. The van der Waals surface area contributed by atoms with Gasteiger partial charge in [-0.25, -0.2) is 4.98 Å². The largest absolute Gasteiger partial charge is 0.344 e. The standard InChI is InChI=1S/C13H17N3/c1-8-4-6-11(7-5-8)12-10(3)15-13(16-12)9(2)14/h4-7,9H,14H2,1-3H3,(H,15,16). The Morgan fingerprint density at radius 1 is 1.19 bits per heavy atom. The quantitative estimate of drug-likeness (QED) is 0.809. The van der Waals surface area contributed by atoms with E-state index in [0.29, 0.717) is 0 Å². The van der Waals surface area contributed by atoms with Crippen molar-refractivity contribution < 1.29 is 0 Å². The third-order valence-corrected chi connectivity index (χ3v) is 2.66. The van der Waals surface area contributed by atoms with Gasteiger partial charge in [0.2, 0.25) is 0 Å². The fourth-order valence-corrected chi connectivity index (χ4v) is 1.69. The minimum Gasteiger partial charge on any atom is -0.344 e. The van der Waals surface area contributed by atoms with Crippen molar-refractivity contribution >= 4 is 0 Å². The molecule has 0 bridgehead atoms. The number of benzene rings is 1. The highest BCUT2D eigenvalue weighted by molar-refractivity contribution is 5.62. The van der Waals surface area contributed by atoms with E-state index in [1.165, 1.54) is 5.56 Å². The van der Waals surface area contributed by atoms with Crippen LogP contribution in [0.1, 0.15) is 30.0 Å². The predicted octanol–water partition coefficient (Wildman–Crippen LogP) is 2.71. The van der Waals surface area contributed by atoms with Gasteiger partial charge in [-0.15, -0.1) is 0 Å². The Kier molecular flexibility index (Phi) is 2.79. The molecular weight excluding hydrogens is 198 g/mol. The summed E-state index contributed by atoms with van der Waals surface area (Å²) in [4.78, 5) is 7.75. The monoisotopic (exact) mass is 215 g/mol. The normalized spacial score (nSPS) is 12.8. The molecule has 3 nitrogen and oxygen atoms in total. The van der Waals surface area contributed by atoms with Gasteiger partial charge in [0.25, 0.3) is 0 Å². The number of aromatic amines is 1. The highest BCUT2D eigenvalue weighted by atomic mass is 15.0. The topological polar surface area (TPSA) is 54.7 Å². The average molecular weight is 215 g/mol. The van der Waals surface area contributed by atoms with Crippen LogP contribution in [0.5, 0.6) is 0 Å². The number of nitrogens with two attached hydrogens (primary N) is 1. The first kappa shape index (κ1) is 10.9. The zero-order valence-corrected chi connectivity index (χ0v) is 9.91. The highest BCUT2D eigenvalue weighted by Crippen LogP contribution is 2.22. The number of imidazole rings is 1. The van der Waals surface area contributed by atoms with E-state index < -0.39 is 0 Å². The van der Waals surface area contributed by atoms with Gasteiger partial charge in [-0.05, 0) is 20.8 Å². The maximum absolute atomic E-state index is 5.80. The van der Waals surface area contributed by atoms with E-state index in [1.807, 2.05) is 13.8 Å². The fourth-order valence-electron chi connectivity index (χ4n) is 1.69. The van der Waals surface area contributed by atoms with E-state index in [2.05, 4.69) is 41.2 Å². The molecule has 0 aliphatic carbocycles. The molecule has 0 amide bonds. The van der Waals surface area contributed by atoms with Gasteiger partial charge in [0.15, 0.2) is 0 Å². The lowest BCUT2D eigenvalue weighted by Gasteiger charge is -1.99. The second-order valence-electron chi connectivity index (χ2n) is 4.25. The van der Waals surface area contributed by atoms with Crippen LogP contribution >= 0.6 is 0 Å². The summed E-state index contributed by atoms with van der Waals surface area (Å²) in [5.74, 6) is 0.841. The Morgan fingerprint density at radius 3 is 2.31 bits per heavy atom. The van der Waals surface area contributed by atoms with Gasteiger partial charge in [-0.1, -0.05) is 29.8 Å². The van der Waals surface area contributed by atoms with Crippen molar-refractivity contribution in [2.24, 2.45) is 5.73 Å². The van der Waals surface area contributed by atoms with Crippen molar-refractivity contribution in [3.05, 3.63) is 41.3 Å². The van der Waals surface area contributed by atoms with Gasteiger partial charge >= 0.3 is 0 Å². The molecular formula is C13H17N3. The molecule has 0 aliphatic heterocycles. The highest BCUT2D eigenvalue weighted by Gasteiger charge is 2.10. The average Bonchev–Trinajstić information content (AvgIpc) is 2.62. The van der Waals surface area contributed by atoms with Crippen molar-refractivity contribution in [3.63, 3.8) is 0 Å². The molecule has 2 rings (SSSR count). The van der Waals surface area contributed by atoms with E-state index in [4.69, 9.17) is 5.73 Å². The van der Waals surface area contributed by atoms with Crippen LogP contribution in [0.2, 0.25) is 0 Å². The summed E-state index contributed by atoms with van der Waals surface area (Å²) in [5, 5.41) is 0. The van der Waals surface area contributed by atoms with E-state index in [9.17, 15) is 0 Å². The second kappa shape index (κ2) is 4.10. The minimum atomic E-state index is -0.0575. The molecule has 1 heterocycles. The Hall–Kier alpha value is -1.61. The predicted molar refractivity (Wildman–Crippen MR) is 66.1 cm³/mol. The molecule has 16 heavy (non-hydrogen) atoms. The first-order chi connectivity index (χ1) is 7.58. The van der Waals surface area contributed by atoms with E-state index in [-0.39, 0.29) is 6.04 Å². The molecule has 1 aromatic heterocycles. The third-order valence-electron chi connectivity index (χ3n) is 2.66. The van der Waals surface area contributed by atoms with Gasteiger partial charge in [0.05, 0.1) is 11.7 Å². The van der Waals surface area contributed by atoms with Gasteiger partial charge in [0.1, 0.15) is 5.82 Å². The number of H-pyrrole nitrogens is 1. The molecule has 3 N–H and O–H groups in total. The summed E-state index contributed by atoms with van der Waals surface area (Å²) in [6.45, 7) is 6.03. The van der Waals surface area contributed by atoms with Crippen LogP contribution in [0, 0.1) is 13.8 Å². The first-order valence-electron chi connectivity index (χ1n) is 5.47. The van der Waals surface area contributed by atoms with Crippen LogP contribution in [-0.4, -0.2) is 9.97 Å². The van der Waals surface area contributed by atoms with Crippen LogP contribution in [-0.2, 0) is 0 Å². The summed E-state index contributed by atoms with van der Waals surface area (Å²) in [6.07, 6.45) is 0. The number of aromatic nitrogens is 2. The summed E-state index contributed by atoms with van der Waals surface area (Å²) in [6, 6.07) is 8.30. The molecule has 0 aliphatic rings. The summed E-state index contributed by atoms with van der Waals surface area (Å²) >= 11 is 0. The Morgan fingerprint density at radius 2 is 1.81 bits per heavy atom. The van der Waals surface area contributed by atoms with Crippen LogP contribution in [0.25, 0.3) is 11.3 Å². The summed E-state index contributed by atoms with van der Waals surface area (Å²) in [7, 11) is 0. The number of hydrogen-bond donors (Lipinski definition) is 2. The summed E-state index contributed by atoms with van der Waals surface area (Å²) < 4.78 is 0. The zero-order chi connectivity index (χ0) is 11.7.